The molecule has 164 valence electrons. The highest BCUT2D eigenvalue weighted by Gasteiger charge is 2.41. The molecule has 4 nitrogen and oxygen atoms in total. The molecule has 0 aliphatic carbocycles. The Bertz CT molecular complexity index is 1560. The maximum absolute atomic E-state index is 14.8. The standard InChI is InChI=1S/C29H21N2O2P/c1-20-12-15-29(31-19-20)34(32)26-10-3-2-9-24(26)25-14-13-22(18-27(25)34)21-7-6-8-23(17-21)33-28-11-4-5-16-30-28/h2-19H,1H3. The van der Waals surface area contributed by atoms with Crippen LogP contribution >= 0.6 is 7.14 Å². The van der Waals surface area contributed by atoms with Gasteiger partial charge in [-0.05, 0) is 65.1 Å². The van der Waals surface area contributed by atoms with Crippen molar-refractivity contribution in [2.24, 2.45) is 0 Å². The number of aryl methyl sites for hydroxylation is 1. The van der Waals surface area contributed by atoms with Gasteiger partial charge in [-0.2, -0.15) is 0 Å². The van der Waals surface area contributed by atoms with Crippen molar-refractivity contribution in [1.82, 2.24) is 9.97 Å². The molecule has 1 aliphatic rings. The summed E-state index contributed by atoms with van der Waals surface area (Å²) < 4.78 is 20.7. The molecule has 5 heteroatoms. The fourth-order valence-electron chi connectivity index (χ4n) is 4.47. The molecule has 1 atom stereocenters. The first kappa shape index (κ1) is 20.6. The van der Waals surface area contributed by atoms with Gasteiger partial charge >= 0.3 is 0 Å². The van der Waals surface area contributed by atoms with Crippen molar-refractivity contribution in [3.8, 4) is 33.9 Å². The van der Waals surface area contributed by atoms with Gasteiger partial charge in [0.25, 0.3) is 0 Å². The Morgan fingerprint density at radius 3 is 2.35 bits per heavy atom. The van der Waals surface area contributed by atoms with E-state index < -0.39 is 7.14 Å². The SMILES string of the molecule is Cc1ccc(P2(=O)c3ccccc3-c3ccc(-c4cccc(Oc5ccccn5)c4)cc32)nc1. The lowest BCUT2D eigenvalue weighted by Gasteiger charge is -2.16. The molecule has 0 N–H and O–H groups in total. The predicted molar refractivity (Wildman–Crippen MR) is 137 cm³/mol. The van der Waals surface area contributed by atoms with E-state index in [1.165, 1.54) is 0 Å². The fourth-order valence-corrected chi connectivity index (χ4v) is 7.41. The largest absolute Gasteiger partial charge is 0.439 e. The van der Waals surface area contributed by atoms with Crippen LogP contribution in [-0.2, 0) is 4.57 Å². The minimum absolute atomic E-state index is 0.541. The van der Waals surface area contributed by atoms with Crippen LogP contribution in [0, 0.1) is 6.92 Å². The van der Waals surface area contributed by atoms with Crippen molar-refractivity contribution >= 4 is 23.2 Å². The number of fused-ring (bicyclic) bond motifs is 3. The van der Waals surface area contributed by atoms with Crippen molar-refractivity contribution in [1.29, 1.82) is 0 Å². The van der Waals surface area contributed by atoms with Crippen LogP contribution in [0.25, 0.3) is 22.3 Å². The predicted octanol–water partition coefficient (Wildman–Crippen LogP) is 5.86. The normalized spacial score (nSPS) is 16.0. The van der Waals surface area contributed by atoms with E-state index in [1.807, 2.05) is 85.8 Å². The Kier molecular flexibility index (Phi) is 4.90. The van der Waals surface area contributed by atoms with E-state index in [9.17, 15) is 4.57 Å². The van der Waals surface area contributed by atoms with Gasteiger partial charge in [-0.15, -0.1) is 0 Å². The first-order valence-electron chi connectivity index (χ1n) is 11.1. The third kappa shape index (κ3) is 3.35. The van der Waals surface area contributed by atoms with Gasteiger partial charge in [-0.3, -0.25) is 4.98 Å². The second-order valence-electron chi connectivity index (χ2n) is 8.35. The summed E-state index contributed by atoms with van der Waals surface area (Å²) in [6.07, 6.45) is 3.49. The van der Waals surface area contributed by atoms with Gasteiger partial charge in [0.2, 0.25) is 5.88 Å². The van der Waals surface area contributed by atoms with Gasteiger partial charge in [-0.25, -0.2) is 4.98 Å². The Morgan fingerprint density at radius 2 is 1.53 bits per heavy atom. The van der Waals surface area contributed by atoms with Crippen molar-refractivity contribution < 1.29 is 9.30 Å². The van der Waals surface area contributed by atoms with E-state index in [0.29, 0.717) is 17.1 Å². The Balaban J connectivity index is 1.47. The molecule has 6 rings (SSSR count). The van der Waals surface area contributed by atoms with Crippen LogP contribution < -0.4 is 20.8 Å². The van der Waals surface area contributed by atoms with Crippen molar-refractivity contribution in [2.45, 2.75) is 6.92 Å². The number of benzene rings is 3. The minimum atomic E-state index is -3.09. The van der Waals surface area contributed by atoms with E-state index in [-0.39, 0.29) is 0 Å². The van der Waals surface area contributed by atoms with Crippen molar-refractivity contribution in [2.75, 3.05) is 0 Å². The molecule has 3 heterocycles. The second kappa shape index (κ2) is 8.09. The molecule has 0 saturated heterocycles. The number of rotatable bonds is 4. The average Bonchev–Trinajstić information content (AvgIpc) is 3.14. The lowest BCUT2D eigenvalue weighted by molar-refractivity contribution is 0.463. The molecule has 2 aromatic heterocycles. The van der Waals surface area contributed by atoms with Gasteiger partial charge in [0.05, 0.1) is 0 Å². The number of ether oxygens (including phenoxy) is 1. The molecule has 34 heavy (non-hydrogen) atoms. The average molecular weight is 460 g/mol. The van der Waals surface area contributed by atoms with Crippen LogP contribution in [0.5, 0.6) is 11.6 Å². The molecule has 5 aromatic rings. The van der Waals surface area contributed by atoms with Crippen LogP contribution in [0.3, 0.4) is 0 Å². The quantitative estimate of drug-likeness (QED) is 0.309. The van der Waals surface area contributed by atoms with E-state index in [4.69, 9.17) is 4.74 Å². The monoisotopic (exact) mass is 460 g/mol. The summed E-state index contributed by atoms with van der Waals surface area (Å²) in [4.78, 5) is 8.84. The molecule has 0 saturated carbocycles. The second-order valence-corrected chi connectivity index (χ2v) is 11.0. The first-order chi connectivity index (χ1) is 16.6. The smallest absolute Gasteiger partial charge is 0.219 e. The van der Waals surface area contributed by atoms with Gasteiger partial charge in [0.15, 0.2) is 7.14 Å². The molecule has 0 radical (unpaired) electrons. The number of aromatic nitrogens is 2. The van der Waals surface area contributed by atoms with Gasteiger partial charge < -0.3 is 9.30 Å². The molecular formula is C29H21N2O2P. The van der Waals surface area contributed by atoms with Crippen LogP contribution in [0.1, 0.15) is 5.56 Å². The molecule has 0 bridgehead atoms. The third-order valence-corrected chi connectivity index (χ3v) is 9.14. The van der Waals surface area contributed by atoms with Crippen LogP contribution in [0.4, 0.5) is 0 Å². The van der Waals surface area contributed by atoms with E-state index in [0.717, 1.165) is 38.4 Å². The maximum Gasteiger partial charge on any atom is 0.219 e. The summed E-state index contributed by atoms with van der Waals surface area (Å²) in [5, 5.41) is 1.68. The summed E-state index contributed by atoms with van der Waals surface area (Å²) in [6, 6.07) is 31.5. The number of nitrogens with zero attached hydrogens (tertiary/aromatic N) is 2. The number of hydrogen-bond acceptors (Lipinski definition) is 4. The number of pyridine rings is 2. The van der Waals surface area contributed by atoms with Gasteiger partial charge in [0, 0.05) is 29.1 Å². The zero-order chi connectivity index (χ0) is 23.1. The lowest BCUT2D eigenvalue weighted by atomic mass is 10.0. The molecule has 1 unspecified atom stereocenters. The Hall–Kier alpha value is -4.01. The zero-order valence-electron chi connectivity index (χ0n) is 18.6. The summed E-state index contributed by atoms with van der Waals surface area (Å²) in [7, 11) is -3.09. The molecule has 0 amide bonds. The molecule has 3 aromatic carbocycles. The molecule has 0 fully saturated rings. The maximum atomic E-state index is 14.8. The van der Waals surface area contributed by atoms with Crippen LogP contribution in [-0.4, -0.2) is 9.97 Å². The van der Waals surface area contributed by atoms with Crippen molar-refractivity contribution in [3.63, 3.8) is 0 Å². The highest BCUT2D eigenvalue weighted by molar-refractivity contribution is 7.86. The Labute approximate surface area is 198 Å². The van der Waals surface area contributed by atoms with Gasteiger partial charge in [0.1, 0.15) is 11.2 Å². The summed E-state index contributed by atoms with van der Waals surface area (Å²) >= 11 is 0. The molecule has 1 aliphatic heterocycles. The third-order valence-electron chi connectivity index (χ3n) is 6.12. The summed E-state index contributed by atoms with van der Waals surface area (Å²) in [5.74, 6) is 1.24. The Morgan fingerprint density at radius 1 is 0.706 bits per heavy atom. The van der Waals surface area contributed by atoms with Crippen molar-refractivity contribution in [3.05, 3.63) is 115 Å². The topological polar surface area (TPSA) is 52.1 Å². The van der Waals surface area contributed by atoms with Crippen LogP contribution in [0.15, 0.2) is 109 Å². The fraction of sp³-hybridized carbons (Fsp3) is 0.0345. The highest BCUT2D eigenvalue weighted by atomic mass is 31.2. The van der Waals surface area contributed by atoms with E-state index >= 15 is 0 Å². The molecular weight excluding hydrogens is 439 g/mol. The zero-order valence-corrected chi connectivity index (χ0v) is 19.4. The molecule has 0 spiro atoms. The van der Waals surface area contributed by atoms with E-state index in [1.54, 1.807) is 12.4 Å². The first-order valence-corrected chi connectivity index (χ1v) is 12.8. The van der Waals surface area contributed by atoms with Crippen LogP contribution in [0.2, 0.25) is 0 Å². The van der Waals surface area contributed by atoms with E-state index in [2.05, 4.69) is 28.2 Å². The minimum Gasteiger partial charge on any atom is -0.439 e. The number of hydrogen-bond donors (Lipinski definition) is 0. The summed E-state index contributed by atoms with van der Waals surface area (Å²) in [6.45, 7) is 1.99. The van der Waals surface area contributed by atoms with Gasteiger partial charge in [-0.1, -0.05) is 60.7 Å². The highest BCUT2D eigenvalue weighted by Crippen LogP contribution is 2.52. The lowest BCUT2D eigenvalue weighted by Crippen LogP contribution is -2.23. The summed E-state index contributed by atoms with van der Waals surface area (Å²) in [5.41, 5.74) is 5.64.